The minimum absolute atomic E-state index is 0.00594. The fourth-order valence-corrected chi connectivity index (χ4v) is 2.26. The summed E-state index contributed by atoms with van der Waals surface area (Å²) in [4.78, 5) is 22.7. The van der Waals surface area contributed by atoms with Crippen molar-refractivity contribution >= 4 is 11.5 Å². The van der Waals surface area contributed by atoms with Gasteiger partial charge in [0.15, 0.2) is 5.78 Å². The molecular formula is C15H17N3O3. The van der Waals surface area contributed by atoms with Gasteiger partial charge in [-0.05, 0) is 25.8 Å². The van der Waals surface area contributed by atoms with Crippen LogP contribution in [0.25, 0.3) is 0 Å². The Morgan fingerprint density at radius 2 is 1.90 bits per heavy atom. The molecule has 1 aromatic carbocycles. The number of Topliss-reactive ketones (excluding diaryl/α,β-unsaturated/α-hetero) is 1. The molecule has 0 bridgehead atoms. The topological polar surface area (TPSA) is 78.0 Å². The Balaban J connectivity index is 2.23. The van der Waals surface area contributed by atoms with Crippen LogP contribution in [0.15, 0.2) is 24.3 Å². The zero-order valence-electron chi connectivity index (χ0n) is 12.3. The molecule has 1 aromatic heterocycles. The van der Waals surface area contributed by atoms with Crippen molar-refractivity contribution < 1.29 is 9.72 Å². The van der Waals surface area contributed by atoms with E-state index in [1.54, 1.807) is 26.0 Å². The maximum Gasteiger partial charge on any atom is 0.312 e. The molecule has 0 fully saturated rings. The van der Waals surface area contributed by atoms with Crippen molar-refractivity contribution in [1.82, 2.24) is 9.78 Å². The molecule has 110 valence electrons. The Hall–Kier alpha value is -2.50. The number of ketones is 1. The summed E-state index contributed by atoms with van der Waals surface area (Å²) in [6.07, 6.45) is 0.915. The van der Waals surface area contributed by atoms with Crippen LogP contribution < -0.4 is 0 Å². The number of carbonyl (C=O) groups is 1. The number of rotatable bonds is 5. The van der Waals surface area contributed by atoms with Gasteiger partial charge in [0, 0.05) is 5.56 Å². The molecule has 0 spiro atoms. The summed E-state index contributed by atoms with van der Waals surface area (Å²) in [6, 6.07) is 7.39. The van der Waals surface area contributed by atoms with Gasteiger partial charge in [-0.3, -0.25) is 19.6 Å². The highest BCUT2D eigenvalue weighted by Crippen LogP contribution is 2.22. The summed E-state index contributed by atoms with van der Waals surface area (Å²) in [7, 11) is 0. The van der Waals surface area contributed by atoms with Crippen LogP contribution in [0.2, 0.25) is 0 Å². The second-order valence-corrected chi connectivity index (χ2v) is 4.91. The molecule has 0 unspecified atom stereocenters. The van der Waals surface area contributed by atoms with Gasteiger partial charge in [0.05, 0.1) is 4.92 Å². The molecule has 0 atom stereocenters. The summed E-state index contributed by atoms with van der Waals surface area (Å²) >= 11 is 0. The second-order valence-electron chi connectivity index (χ2n) is 4.91. The van der Waals surface area contributed by atoms with E-state index >= 15 is 0 Å². The molecule has 0 radical (unpaired) electrons. The number of carbonyl (C=O) groups excluding carboxylic acids is 1. The van der Waals surface area contributed by atoms with E-state index in [9.17, 15) is 14.9 Å². The number of nitrogens with zero attached hydrogens (tertiary/aromatic N) is 3. The number of aromatic nitrogens is 2. The predicted molar refractivity (Wildman–Crippen MR) is 78.5 cm³/mol. The molecule has 6 nitrogen and oxygen atoms in total. The van der Waals surface area contributed by atoms with Crippen molar-refractivity contribution in [1.29, 1.82) is 0 Å². The quantitative estimate of drug-likeness (QED) is 0.481. The van der Waals surface area contributed by atoms with Crippen LogP contribution in [-0.4, -0.2) is 20.5 Å². The average molecular weight is 287 g/mol. The van der Waals surface area contributed by atoms with E-state index in [1.165, 1.54) is 4.68 Å². The Morgan fingerprint density at radius 1 is 1.29 bits per heavy atom. The highest BCUT2D eigenvalue weighted by molar-refractivity contribution is 5.95. The van der Waals surface area contributed by atoms with Crippen molar-refractivity contribution in [3.8, 4) is 0 Å². The van der Waals surface area contributed by atoms with Crippen LogP contribution in [0.3, 0.4) is 0 Å². The number of nitro groups is 1. The third kappa shape index (κ3) is 2.99. The van der Waals surface area contributed by atoms with E-state index in [1.807, 2.05) is 19.1 Å². The lowest BCUT2D eigenvalue weighted by atomic mass is 10.1. The molecule has 6 heteroatoms. The van der Waals surface area contributed by atoms with Gasteiger partial charge in [0.25, 0.3) is 0 Å². The normalized spacial score (nSPS) is 10.6. The van der Waals surface area contributed by atoms with E-state index in [-0.39, 0.29) is 18.0 Å². The average Bonchev–Trinajstić information content (AvgIpc) is 2.73. The largest absolute Gasteiger partial charge is 0.312 e. The number of hydrogen-bond donors (Lipinski definition) is 0. The van der Waals surface area contributed by atoms with Crippen LogP contribution in [0.1, 0.15) is 34.2 Å². The fraction of sp³-hybridized carbons (Fsp3) is 0.333. The Kier molecular flexibility index (Phi) is 4.16. The molecule has 2 rings (SSSR count). The Labute approximate surface area is 122 Å². The summed E-state index contributed by atoms with van der Waals surface area (Å²) in [5.41, 5.74) is 2.45. The molecule has 0 aliphatic rings. The molecule has 0 N–H and O–H groups in total. The smallest absolute Gasteiger partial charge is 0.292 e. The maximum atomic E-state index is 12.2. The first-order valence-electron chi connectivity index (χ1n) is 6.74. The summed E-state index contributed by atoms with van der Waals surface area (Å²) in [5, 5.41) is 15.0. The van der Waals surface area contributed by atoms with Crippen LogP contribution >= 0.6 is 0 Å². The zero-order chi connectivity index (χ0) is 15.6. The van der Waals surface area contributed by atoms with Crippen molar-refractivity contribution in [3.63, 3.8) is 0 Å². The van der Waals surface area contributed by atoms with Crippen LogP contribution in [0.4, 0.5) is 5.69 Å². The first kappa shape index (κ1) is 14.9. The molecule has 0 saturated heterocycles. The second kappa shape index (κ2) is 5.87. The zero-order valence-corrected chi connectivity index (χ0v) is 12.3. The standard InChI is InChI=1S/C15H17N3O3/c1-4-12-5-7-13(8-6-12)14(19)9-17-11(3)15(18(20)21)10(2)16-17/h5-8H,4,9H2,1-3H3. The summed E-state index contributed by atoms with van der Waals surface area (Å²) in [5.74, 6) is -0.113. The lowest BCUT2D eigenvalue weighted by Crippen LogP contribution is -2.13. The molecule has 21 heavy (non-hydrogen) atoms. The lowest BCUT2D eigenvalue weighted by molar-refractivity contribution is -0.386. The van der Waals surface area contributed by atoms with E-state index < -0.39 is 4.92 Å². The molecule has 0 amide bonds. The minimum Gasteiger partial charge on any atom is -0.292 e. The minimum atomic E-state index is -0.464. The van der Waals surface area contributed by atoms with Gasteiger partial charge in [-0.2, -0.15) is 5.10 Å². The van der Waals surface area contributed by atoms with E-state index in [2.05, 4.69) is 5.10 Å². The SMILES string of the molecule is CCc1ccc(C(=O)Cn2nc(C)c([N+](=O)[O-])c2C)cc1. The summed E-state index contributed by atoms with van der Waals surface area (Å²) in [6.45, 7) is 5.23. The Morgan fingerprint density at radius 3 is 2.38 bits per heavy atom. The molecule has 1 heterocycles. The van der Waals surface area contributed by atoms with Crippen molar-refractivity contribution in [2.24, 2.45) is 0 Å². The van der Waals surface area contributed by atoms with Crippen molar-refractivity contribution in [2.45, 2.75) is 33.7 Å². The van der Waals surface area contributed by atoms with Crippen LogP contribution in [-0.2, 0) is 13.0 Å². The van der Waals surface area contributed by atoms with E-state index in [0.717, 1.165) is 12.0 Å². The first-order valence-corrected chi connectivity index (χ1v) is 6.74. The third-order valence-corrected chi connectivity index (χ3v) is 3.50. The highest BCUT2D eigenvalue weighted by Gasteiger charge is 2.22. The first-order chi connectivity index (χ1) is 9.93. The predicted octanol–water partition coefficient (Wildman–Crippen LogP) is 2.85. The van der Waals surface area contributed by atoms with Crippen molar-refractivity contribution in [3.05, 3.63) is 56.9 Å². The third-order valence-electron chi connectivity index (χ3n) is 3.50. The van der Waals surface area contributed by atoms with Gasteiger partial charge < -0.3 is 0 Å². The van der Waals surface area contributed by atoms with Crippen LogP contribution in [0, 0.1) is 24.0 Å². The van der Waals surface area contributed by atoms with Crippen LogP contribution in [0.5, 0.6) is 0 Å². The highest BCUT2D eigenvalue weighted by atomic mass is 16.6. The fourth-order valence-electron chi connectivity index (χ4n) is 2.26. The molecular weight excluding hydrogens is 270 g/mol. The Bertz CT molecular complexity index is 687. The van der Waals surface area contributed by atoms with Gasteiger partial charge in [-0.25, -0.2) is 0 Å². The van der Waals surface area contributed by atoms with E-state index in [0.29, 0.717) is 17.0 Å². The number of aryl methyl sites for hydroxylation is 2. The monoisotopic (exact) mass is 287 g/mol. The molecule has 0 aliphatic heterocycles. The molecule has 0 saturated carbocycles. The van der Waals surface area contributed by atoms with Gasteiger partial charge in [-0.15, -0.1) is 0 Å². The van der Waals surface area contributed by atoms with Crippen molar-refractivity contribution in [2.75, 3.05) is 0 Å². The molecule has 2 aromatic rings. The van der Waals surface area contributed by atoms with Gasteiger partial charge in [0.1, 0.15) is 17.9 Å². The lowest BCUT2D eigenvalue weighted by Gasteiger charge is -2.04. The van der Waals surface area contributed by atoms with Gasteiger partial charge >= 0.3 is 5.69 Å². The summed E-state index contributed by atoms with van der Waals surface area (Å²) < 4.78 is 1.39. The number of hydrogen-bond acceptors (Lipinski definition) is 4. The molecule has 0 aliphatic carbocycles. The van der Waals surface area contributed by atoms with Gasteiger partial charge in [-0.1, -0.05) is 31.2 Å². The van der Waals surface area contributed by atoms with E-state index in [4.69, 9.17) is 0 Å². The number of benzene rings is 1. The van der Waals surface area contributed by atoms with Gasteiger partial charge in [0.2, 0.25) is 0 Å². The maximum absolute atomic E-state index is 12.2.